The van der Waals surface area contributed by atoms with Crippen molar-refractivity contribution in [3.05, 3.63) is 52.0 Å². The second-order valence-electron chi connectivity index (χ2n) is 4.27. The van der Waals surface area contributed by atoms with Crippen molar-refractivity contribution in [2.45, 2.75) is 0 Å². The van der Waals surface area contributed by atoms with Gasteiger partial charge in [0.25, 0.3) is 5.91 Å². The molecule has 1 N–H and O–H groups in total. The molecule has 0 radical (unpaired) electrons. The van der Waals surface area contributed by atoms with E-state index in [1.54, 1.807) is 43.7 Å². The van der Waals surface area contributed by atoms with E-state index in [1.807, 2.05) is 12.1 Å². The highest BCUT2D eigenvalue weighted by atomic mass is 127. The summed E-state index contributed by atoms with van der Waals surface area (Å²) in [5.74, 6) is 1.71. The fourth-order valence-electron chi connectivity index (χ4n) is 1.58. The predicted molar refractivity (Wildman–Crippen MR) is 95.6 cm³/mol. The van der Waals surface area contributed by atoms with Crippen LogP contribution in [0.15, 0.2) is 52.2 Å². The quantitative estimate of drug-likeness (QED) is 0.420. The number of furan rings is 1. The van der Waals surface area contributed by atoms with Gasteiger partial charge in [-0.15, -0.1) is 0 Å². The van der Waals surface area contributed by atoms with E-state index in [2.05, 4.69) is 33.1 Å². The van der Waals surface area contributed by atoms with Gasteiger partial charge in [-0.1, -0.05) is 0 Å². The van der Waals surface area contributed by atoms with E-state index in [0.29, 0.717) is 11.5 Å². The molecule has 0 saturated carbocycles. The first-order chi connectivity index (χ1) is 11.2. The minimum Gasteiger partial charge on any atom is -0.497 e. The average Bonchev–Trinajstić information content (AvgIpc) is 3.06. The Hall–Kier alpha value is -2.29. The molecule has 0 aliphatic heterocycles. The van der Waals surface area contributed by atoms with E-state index in [-0.39, 0.29) is 12.5 Å². The van der Waals surface area contributed by atoms with Crippen LogP contribution in [0.3, 0.4) is 0 Å². The van der Waals surface area contributed by atoms with Crippen molar-refractivity contribution in [1.82, 2.24) is 5.43 Å². The van der Waals surface area contributed by atoms with Crippen molar-refractivity contribution in [3.63, 3.8) is 0 Å². The van der Waals surface area contributed by atoms with Gasteiger partial charge in [0.2, 0.25) is 0 Å². The molecule has 2 aromatic rings. The van der Waals surface area contributed by atoms with E-state index < -0.39 is 0 Å². The average molecular weight is 426 g/mol. The highest BCUT2D eigenvalue weighted by Crippen LogP contribution is 2.25. The maximum atomic E-state index is 11.6. The zero-order chi connectivity index (χ0) is 16.5. The molecule has 1 aromatic heterocycles. The third-order valence-corrected chi connectivity index (χ3v) is 3.49. The lowest BCUT2D eigenvalue weighted by Crippen LogP contribution is -2.24. The van der Waals surface area contributed by atoms with Crippen molar-refractivity contribution in [1.29, 1.82) is 0 Å². The first-order valence-electron chi connectivity index (χ1n) is 6.67. The third kappa shape index (κ3) is 5.78. The van der Waals surface area contributed by atoms with Crippen molar-refractivity contribution >= 4 is 40.8 Å². The molecular weight excluding hydrogens is 411 g/mol. The van der Waals surface area contributed by atoms with Crippen LogP contribution in [0.1, 0.15) is 5.76 Å². The molecule has 0 aliphatic carbocycles. The summed E-state index contributed by atoms with van der Waals surface area (Å²) in [6.45, 7) is -0.123. The van der Waals surface area contributed by atoms with Gasteiger partial charge in [0, 0.05) is 6.21 Å². The highest BCUT2D eigenvalue weighted by Gasteiger charge is 2.05. The highest BCUT2D eigenvalue weighted by molar-refractivity contribution is 14.1. The molecule has 0 atom stereocenters. The second kappa shape index (κ2) is 8.99. The summed E-state index contributed by atoms with van der Waals surface area (Å²) in [6.07, 6.45) is 6.42. The van der Waals surface area contributed by atoms with Crippen LogP contribution in [0.2, 0.25) is 0 Å². The van der Waals surface area contributed by atoms with E-state index in [4.69, 9.17) is 13.9 Å². The molecule has 0 fully saturated rings. The molecule has 6 nitrogen and oxygen atoms in total. The normalized spacial score (nSPS) is 11.0. The summed E-state index contributed by atoms with van der Waals surface area (Å²) in [4.78, 5) is 11.6. The van der Waals surface area contributed by atoms with E-state index in [1.165, 1.54) is 6.21 Å². The summed E-state index contributed by atoms with van der Waals surface area (Å²) >= 11 is 2.12. The summed E-state index contributed by atoms with van der Waals surface area (Å²) in [5, 5.41) is 3.78. The molecule has 0 bridgehead atoms. The van der Waals surface area contributed by atoms with Crippen LogP contribution in [-0.2, 0) is 4.79 Å². The predicted octanol–water partition coefficient (Wildman–Crippen LogP) is 3.09. The lowest BCUT2D eigenvalue weighted by atomic mass is 10.3. The maximum absolute atomic E-state index is 11.6. The number of carbonyl (C=O) groups is 1. The number of carbonyl (C=O) groups excluding carboxylic acids is 1. The Balaban J connectivity index is 1.74. The van der Waals surface area contributed by atoms with E-state index >= 15 is 0 Å². The molecule has 120 valence electrons. The fourth-order valence-corrected chi connectivity index (χ4v) is 2.22. The van der Waals surface area contributed by atoms with Crippen LogP contribution < -0.4 is 14.9 Å². The fraction of sp³-hybridized carbons (Fsp3) is 0.125. The van der Waals surface area contributed by atoms with Gasteiger partial charge >= 0.3 is 0 Å². The van der Waals surface area contributed by atoms with Gasteiger partial charge in [0.1, 0.15) is 17.3 Å². The topological polar surface area (TPSA) is 73.1 Å². The van der Waals surface area contributed by atoms with Crippen LogP contribution in [0, 0.1) is 3.57 Å². The summed E-state index contributed by atoms with van der Waals surface area (Å²) in [6, 6.07) is 8.95. The molecular formula is C16H15IN2O4. The number of hydrazone groups is 1. The number of nitrogens with zero attached hydrogens (tertiary/aromatic N) is 1. The molecule has 0 unspecified atom stereocenters. The number of allylic oxidation sites excluding steroid dienone is 1. The van der Waals surface area contributed by atoms with E-state index in [9.17, 15) is 4.79 Å². The van der Waals surface area contributed by atoms with Gasteiger partial charge in [-0.05, 0) is 65.1 Å². The molecule has 1 heterocycles. The number of rotatable bonds is 7. The Morgan fingerprint density at radius 3 is 3.00 bits per heavy atom. The SMILES string of the molecule is COc1ccc(OCC(=O)N/N=C/C=C/c2ccco2)c(I)c1. The Morgan fingerprint density at radius 2 is 2.30 bits per heavy atom. The number of methoxy groups -OCH3 is 1. The summed E-state index contributed by atoms with van der Waals surface area (Å²) < 4.78 is 16.5. The van der Waals surface area contributed by atoms with Gasteiger partial charge < -0.3 is 13.9 Å². The Morgan fingerprint density at radius 1 is 1.43 bits per heavy atom. The molecule has 0 aliphatic rings. The molecule has 0 spiro atoms. The number of hydrogen-bond donors (Lipinski definition) is 1. The van der Waals surface area contributed by atoms with Crippen LogP contribution in [0.25, 0.3) is 6.08 Å². The first kappa shape index (κ1) is 17.1. The zero-order valence-corrected chi connectivity index (χ0v) is 14.5. The van der Waals surface area contributed by atoms with E-state index in [0.717, 1.165) is 9.32 Å². The van der Waals surface area contributed by atoms with Crippen LogP contribution in [-0.4, -0.2) is 25.8 Å². The number of amides is 1. The lowest BCUT2D eigenvalue weighted by molar-refractivity contribution is -0.123. The zero-order valence-electron chi connectivity index (χ0n) is 12.4. The minimum absolute atomic E-state index is 0.123. The summed E-state index contributed by atoms with van der Waals surface area (Å²) in [5.41, 5.74) is 2.37. The van der Waals surface area contributed by atoms with Gasteiger partial charge in [0.05, 0.1) is 16.9 Å². The number of benzene rings is 1. The summed E-state index contributed by atoms with van der Waals surface area (Å²) in [7, 11) is 1.59. The molecule has 1 aromatic carbocycles. The standard InChI is InChI=1S/C16H15IN2O4/c1-21-13-6-7-15(14(17)10-13)23-11-16(20)19-18-8-2-4-12-5-3-9-22-12/h2-10H,11H2,1H3,(H,19,20)/b4-2+,18-8+. The minimum atomic E-state index is -0.348. The van der Waals surface area contributed by atoms with Crippen LogP contribution in [0.4, 0.5) is 0 Å². The molecule has 1 amide bonds. The number of halogens is 1. The number of hydrogen-bond acceptors (Lipinski definition) is 5. The van der Waals surface area contributed by atoms with Crippen molar-refractivity contribution in [2.24, 2.45) is 5.10 Å². The van der Waals surface area contributed by atoms with Crippen molar-refractivity contribution in [2.75, 3.05) is 13.7 Å². The van der Waals surface area contributed by atoms with Gasteiger partial charge in [-0.3, -0.25) is 4.79 Å². The largest absolute Gasteiger partial charge is 0.497 e. The van der Waals surface area contributed by atoms with Gasteiger partial charge in [-0.2, -0.15) is 5.10 Å². The monoisotopic (exact) mass is 426 g/mol. The Kier molecular flexibility index (Phi) is 6.67. The van der Waals surface area contributed by atoms with Crippen LogP contribution in [0.5, 0.6) is 11.5 Å². The van der Waals surface area contributed by atoms with Crippen molar-refractivity contribution in [3.8, 4) is 11.5 Å². The maximum Gasteiger partial charge on any atom is 0.277 e. The van der Waals surface area contributed by atoms with Crippen molar-refractivity contribution < 1.29 is 18.7 Å². The lowest BCUT2D eigenvalue weighted by Gasteiger charge is -2.08. The Bertz CT molecular complexity index is 696. The molecule has 0 saturated heterocycles. The molecule has 23 heavy (non-hydrogen) atoms. The molecule has 2 rings (SSSR count). The first-order valence-corrected chi connectivity index (χ1v) is 7.75. The third-order valence-electron chi connectivity index (χ3n) is 2.65. The van der Waals surface area contributed by atoms with Crippen LogP contribution >= 0.6 is 22.6 Å². The second-order valence-corrected chi connectivity index (χ2v) is 5.43. The van der Waals surface area contributed by atoms with Gasteiger partial charge in [0.15, 0.2) is 6.61 Å². The Labute approximate surface area is 147 Å². The smallest absolute Gasteiger partial charge is 0.277 e. The number of ether oxygens (including phenoxy) is 2. The molecule has 7 heteroatoms. The number of nitrogens with one attached hydrogen (secondary N) is 1. The van der Waals surface area contributed by atoms with Gasteiger partial charge in [-0.25, -0.2) is 5.43 Å².